The lowest BCUT2D eigenvalue weighted by Crippen LogP contribution is -2.32. The molecule has 0 bridgehead atoms. The van der Waals surface area contributed by atoms with Crippen LogP contribution in [0.15, 0.2) is 83.0 Å². The van der Waals surface area contributed by atoms with Gasteiger partial charge in [-0.05, 0) is 90.3 Å². The molecular formula is C43H47N9O10. The van der Waals surface area contributed by atoms with Crippen LogP contribution in [0, 0.1) is 11.8 Å². The predicted octanol–water partition coefficient (Wildman–Crippen LogP) is 6.18. The normalized spacial score (nSPS) is 11.7. The third-order valence-corrected chi connectivity index (χ3v) is 8.53. The number of aromatic nitrogens is 2. The van der Waals surface area contributed by atoms with E-state index in [1.54, 1.807) is 62.4 Å². The third kappa shape index (κ3) is 15.8. The van der Waals surface area contributed by atoms with E-state index >= 15 is 0 Å². The van der Waals surface area contributed by atoms with Crippen LogP contribution in [0.1, 0.15) is 86.2 Å². The maximum atomic E-state index is 12.9. The highest BCUT2D eigenvalue weighted by atomic mass is 16.5. The molecule has 5 N–H and O–H groups in total. The Balaban J connectivity index is 1.20. The van der Waals surface area contributed by atoms with Gasteiger partial charge in [-0.3, -0.25) is 38.4 Å². The fourth-order valence-corrected chi connectivity index (χ4v) is 5.46. The van der Waals surface area contributed by atoms with Crippen molar-refractivity contribution in [2.75, 3.05) is 27.8 Å². The molecule has 4 aromatic rings. The summed E-state index contributed by atoms with van der Waals surface area (Å²) in [6, 6.07) is 18.9. The van der Waals surface area contributed by atoms with E-state index in [0.29, 0.717) is 33.6 Å². The van der Waals surface area contributed by atoms with Crippen LogP contribution >= 0.6 is 0 Å². The van der Waals surface area contributed by atoms with Crippen molar-refractivity contribution in [1.82, 2.24) is 15.3 Å². The number of hydrogen-bond donors (Lipinski definition) is 5. The predicted molar refractivity (Wildman–Crippen MR) is 227 cm³/mol. The number of amides is 5. The van der Waals surface area contributed by atoms with Gasteiger partial charge in [0.15, 0.2) is 5.78 Å². The van der Waals surface area contributed by atoms with Crippen molar-refractivity contribution < 1.29 is 47.8 Å². The molecule has 0 aliphatic heterocycles. The number of esters is 2. The molecule has 2 atom stereocenters. The molecule has 0 aliphatic rings. The molecule has 0 saturated heterocycles. The molecule has 0 spiro atoms. The molecule has 0 saturated carbocycles. The van der Waals surface area contributed by atoms with E-state index in [-0.39, 0.29) is 85.3 Å². The summed E-state index contributed by atoms with van der Waals surface area (Å²) in [5.74, 6) is -3.71. The van der Waals surface area contributed by atoms with Crippen LogP contribution in [0.5, 0.6) is 0 Å². The number of azo groups is 1. The second kappa shape index (κ2) is 22.6. The fraction of sp³-hybridized carbons (Fsp3) is 0.302. The summed E-state index contributed by atoms with van der Waals surface area (Å²) < 4.78 is 10.8. The molecule has 2 aromatic heterocycles. The van der Waals surface area contributed by atoms with E-state index < -0.39 is 29.7 Å². The van der Waals surface area contributed by atoms with Gasteiger partial charge in [-0.2, -0.15) is 10.2 Å². The number of nitrogens with zero attached hydrogens (tertiary/aromatic N) is 4. The van der Waals surface area contributed by atoms with Crippen LogP contribution < -0.4 is 26.6 Å². The molecular weight excluding hydrogens is 803 g/mol. The van der Waals surface area contributed by atoms with Gasteiger partial charge in [0.2, 0.25) is 23.6 Å². The lowest BCUT2D eigenvalue weighted by atomic mass is 10.00. The summed E-state index contributed by atoms with van der Waals surface area (Å²) in [7, 11) is 0. The van der Waals surface area contributed by atoms with Gasteiger partial charge in [0, 0.05) is 51.8 Å². The SMILES string of the molecule is CC(=O)Nc1cc(COC(=O)C(C)CCC(=O)c2ccc(N=Nc3ccc(C(=O)NCC(C)C(=O)OCc4cc(NC(C)=O)nc(NC(C)=O)c4)cc3)cc2)cc(NC(C)=O)n1. The Labute approximate surface area is 356 Å². The Morgan fingerprint density at radius 1 is 0.548 bits per heavy atom. The fourth-order valence-electron chi connectivity index (χ4n) is 5.46. The van der Waals surface area contributed by atoms with Gasteiger partial charge < -0.3 is 36.1 Å². The number of carbonyl (C=O) groups excluding carboxylic acids is 8. The van der Waals surface area contributed by atoms with Crippen molar-refractivity contribution >= 4 is 81.9 Å². The van der Waals surface area contributed by atoms with E-state index in [2.05, 4.69) is 46.8 Å². The summed E-state index contributed by atoms with van der Waals surface area (Å²) in [6.45, 7) is 8.19. The highest BCUT2D eigenvalue weighted by Gasteiger charge is 2.19. The van der Waals surface area contributed by atoms with Crippen LogP contribution in [0.3, 0.4) is 0 Å². The maximum absolute atomic E-state index is 12.9. The number of rotatable bonds is 19. The van der Waals surface area contributed by atoms with Crippen LogP contribution in [-0.4, -0.2) is 63.8 Å². The number of Topliss-reactive ketones (excluding diaryl/α,β-unsaturated/α-hetero) is 1. The number of benzene rings is 2. The molecule has 2 aromatic carbocycles. The highest BCUT2D eigenvalue weighted by molar-refractivity contribution is 5.97. The molecule has 62 heavy (non-hydrogen) atoms. The first-order valence-corrected chi connectivity index (χ1v) is 19.3. The second-order valence-electron chi connectivity index (χ2n) is 14.2. The van der Waals surface area contributed by atoms with Crippen LogP contribution in [0.4, 0.5) is 34.6 Å². The number of pyridine rings is 2. The van der Waals surface area contributed by atoms with Gasteiger partial charge in [0.1, 0.15) is 36.5 Å². The van der Waals surface area contributed by atoms with Crippen LogP contribution in [-0.2, 0) is 51.5 Å². The Hall–Kier alpha value is -7.70. The highest BCUT2D eigenvalue weighted by Crippen LogP contribution is 2.22. The van der Waals surface area contributed by atoms with Gasteiger partial charge >= 0.3 is 11.9 Å². The average Bonchev–Trinajstić information content (AvgIpc) is 3.21. The van der Waals surface area contributed by atoms with Crippen molar-refractivity contribution in [1.29, 1.82) is 0 Å². The van der Waals surface area contributed by atoms with E-state index in [1.165, 1.54) is 52.0 Å². The Bertz CT molecular complexity index is 2120. The van der Waals surface area contributed by atoms with E-state index in [4.69, 9.17) is 9.47 Å². The zero-order chi connectivity index (χ0) is 45.3. The molecule has 19 heteroatoms. The summed E-state index contributed by atoms with van der Waals surface area (Å²) in [5, 5.41) is 21.2. The van der Waals surface area contributed by atoms with Gasteiger partial charge in [-0.25, -0.2) is 9.97 Å². The topological polar surface area (TPSA) is 266 Å². The summed E-state index contributed by atoms with van der Waals surface area (Å²) in [5.41, 5.74) is 2.66. The first kappa shape index (κ1) is 47.0. The number of hydrogen-bond acceptors (Lipinski definition) is 14. The van der Waals surface area contributed by atoms with Crippen molar-refractivity contribution in [2.24, 2.45) is 22.1 Å². The summed E-state index contributed by atoms with van der Waals surface area (Å²) in [6.07, 6.45) is 0.330. The minimum absolute atomic E-state index is 0.00579. The van der Waals surface area contributed by atoms with Crippen molar-refractivity contribution in [3.8, 4) is 0 Å². The molecule has 19 nitrogen and oxygen atoms in total. The molecule has 4 rings (SSSR count). The Morgan fingerprint density at radius 2 is 0.919 bits per heavy atom. The van der Waals surface area contributed by atoms with Gasteiger partial charge in [-0.1, -0.05) is 13.8 Å². The monoisotopic (exact) mass is 849 g/mol. The van der Waals surface area contributed by atoms with Crippen molar-refractivity contribution in [3.63, 3.8) is 0 Å². The lowest BCUT2D eigenvalue weighted by Gasteiger charge is -2.14. The zero-order valence-electron chi connectivity index (χ0n) is 35.0. The minimum Gasteiger partial charge on any atom is -0.461 e. The molecule has 5 amide bonds. The van der Waals surface area contributed by atoms with Crippen molar-refractivity contribution in [2.45, 2.75) is 67.6 Å². The molecule has 324 valence electrons. The standard InChI is InChI=1S/C43H47N9O10/c1-24(42(59)61-22-30-17-37(45-26(3)53)49-38(18-30)46-27(4)54)7-16-36(57)32-8-12-34(13-9-32)51-52-35-14-10-33(11-15-35)41(58)44-21-25(2)43(60)62-23-31-19-39(47-28(5)55)50-40(20-31)48-29(6)56/h8-15,17-20,24-25H,7,16,21-23H2,1-6H3,(H,44,58)(H2,45,46,49,53,54)(H2,47,48,50,55,56). The van der Waals surface area contributed by atoms with Gasteiger partial charge in [0.05, 0.1) is 23.2 Å². The van der Waals surface area contributed by atoms with E-state index in [9.17, 15) is 38.4 Å². The average molecular weight is 850 g/mol. The number of carbonyl (C=O) groups is 8. The first-order chi connectivity index (χ1) is 29.4. The molecule has 0 aliphatic carbocycles. The number of nitrogens with one attached hydrogen (secondary N) is 5. The zero-order valence-corrected chi connectivity index (χ0v) is 35.0. The quantitative estimate of drug-likeness (QED) is 0.0402. The van der Waals surface area contributed by atoms with Crippen molar-refractivity contribution in [3.05, 3.63) is 95.1 Å². The molecule has 0 radical (unpaired) electrons. The number of anilines is 4. The second-order valence-corrected chi connectivity index (χ2v) is 14.2. The van der Waals surface area contributed by atoms with Gasteiger partial charge in [0.25, 0.3) is 5.91 Å². The van der Waals surface area contributed by atoms with E-state index in [1.807, 2.05) is 0 Å². The maximum Gasteiger partial charge on any atom is 0.310 e. The molecule has 0 fully saturated rings. The van der Waals surface area contributed by atoms with Crippen LogP contribution in [0.2, 0.25) is 0 Å². The number of ketones is 1. The van der Waals surface area contributed by atoms with Crippen LogP contribution in [0.25, 0.3) is 0 Å². The largest absolute Gasteiger partial charge is 0.461 e. The molecule has 2 unspecified atom stereocenters. The van der Waals surface area contributed by atoms with E-state index in [0.717, 1.165) is 0 Å². The number of ether oxygens (including phenoxy) is 2. The first-order valence-electron chi connectivity index (χ1n) is 19.3. The summed E-state index contributed by atoms with van der Waals surface area (Å²) >= 11 is 0. The minimum atomic E-state index is -0.696. The Kier molecular flexibility index (Phi) is 17.1. The molecule has 2 heterocycles. The van der Waals surface area contributed by atoms with Gasteiger partial charge in [-0.15, -0.1) is 0 Å². The Morgan fingerprint density at radius 3 is 1.31 bits per heavy atom. The lowest BCUT2D eigenvalue weighted by molar-refractivity contribution is -0.150. The summed E-state index contributed by atoms with van der Waals surface area (Å²) in [4.78, 5) is 105. The smallest absolute Gasteiger partial charge is 0.310 e. The third-order valence-electron chi connectivity index (χ3n) is 8.53.